The van der Waals surface area contributed by atoms with Crippen LogP contribution in [-0.4, -0.2) is 36.1 Å². The lowest BCUT2D eigenvalue weighted by atomic mass is 9.90. The molecule has 0 saturated carbocycles. The summed E-state index contributed by atoms with van der Waals surface area (Å²) < 4.78 is 0. The van der Waals surface area contributed by atoms with Crippen molar-refractivity contribution in [2.45, 2.75) is 19.3 Å². The normalized spacial score (nSPS) is 15.1. The van der Waals surface area contributed by atoms with Gasteiger partial charge in [0.15, 0.2) is 0 Å². The number of nitriles is 1. The molecular weight excluding hydrogens is 350 g/mol. The van der Waals surface area contributed by atoms with E-state index in [-0.39, 0.29) is 17.2 Å². The zero-order valence-electron chi connectivity index (χ0n) is 16.1. The highest BCUT2D eigenvalue weighted by Crippen LogP contribution is 2.23. The number of phenols is 1. The number of phenolic OH excluding ortho intramolecular Hbond substituents is 1. The Balaban J connectivity index is 1.59. The summed E-state index contributed by atoms with van der Waals surface area (Å²) in [5, 5.41) is 18.9. The summed E-state index contributed by atoms with van der Waals surface area (Å²) in [6, 6.07) is 19.1. The largest absolute Gasteiger partial charge is 0.508 e. The molecule has 1 saturated heterocycles. The van der Waals surface area contributed by atoms with Crippen molar-refractivity contribution < 1.29 is 9.90 Å². The summed E-state index contributed by atoms with van der Waals surface area (Å²) >= 11 is 0. The second-order valence-corrected chi connectivity index (χ2v) is 7.21. The number of benzene rings is 2. The molecule has 0 aliphatic carbocycles. The lowest BCUT2D eigenvalue weighted by Crippen LogP contribution is -2.39. The number of carbonyl (C=O) groups is 1. The van der Waals surface area contributed by atoms with Gasteiger partial charge in [0.05, 0.1) is 0 Å². The minimum Gasteiger partial charge on any atom is -0.508 e. The van der Waals surface area contributed by atoms with Crippen molar-refractivity contribution >= 4 is 11.6 Å². The first-order chi connectivity index (χ1) is 13.6. The highest BCUT2D eigenvalue weighted by Gasteiger charge is 2.25. The number of carbonyl (C=O) groups excluding carboxylic acids is 1. The van der Waals surface area contributed by atoms with Crippen molar-refractivity contribution in [3.05, 3.63) is 71.9 Å². The molecule has 0 unspecified atom stereocenters. The SMILES string of the molecule is CN(/C=C(/C#N)C(=O)N1CCC(Cc2ccccc2)CC1)c1ccc(O)cc1. The molecule has 5 heteroatoms. The number of nitrogens with zero attached hydrogens (tertiary/aromatic N) is 3. The van der Waals surface area contributed by atoms with Crippen LogP contribution in [0, 0.1) is 17.2 Å². The monoisotopic (exact) mass is 375 g/mol. The average molecular weight is 375 g/mol. The number of anilines is 1. The van der Waals surface area contributed by atoms with Gasteiger partial charge in [-0.1, -0.05) is 30.3 Å². The van der Waals surface area contributed by atoms with Gasteiger partial charge in [0.2, 0.25) is 0 Å². The summed E-state index contributed by atoms with van der Waals surface area (Å²) in [5.41, 5.74) is 2.25. The summed E-state index contributed by atoms with van der Waals surface area (Å²) in [4.78, 5) is 16.3. The van der Waals surface area contributed by atoms with E-state index in [1.54, 1.807) is 47.3 Å². The van der Waals surface area contributed by atoms with Gasteiger partial charge in [-0.15, -0.1) is 0 Å². The zero-order chi connectivity index (χ0) is 19.9. The van der Waals surface area contributed by atoms with Gasteiger partial charge in [0.1, 0.15) is 17.4 Å². The predicted octanol–water partition coefficient (Wildman–Crippen LogP) is 3.72. The number of aromatic hydroxyl groups is 1. The van der Waals surface area contributed by atoms with Crippen molar-refractivity contribution in [1.29, 1.82) is 5.26 Å². The van der Waals surface area contributed by atoms with E-state index in [1.807, 2.05) is 12.1 Å². The molecule has 144 valence electrons. The number of amides is 1. The quantitative estimate of drug-likeness (QED) is 0.639. The van der Waals surface area contributed by atoms with Crippen molar-refractivity contribution in [1.82, 2.24) is 4.90 Å². The van der Waals surface area contributed by atoms with E-state index in [1.165, 1.54) is 5.56 Å². The smallest absolute Gasteiger partial charge is 0.266 e. The average Bonchev–Trinajstić information content (AvgIpc) is 2.73. The van der Waals surface area contributed by atoms with E-state index < -0.39 is 0 Å². The van der Waals surface area contributed by atoms with Crippen LogP contribution in [0.3, 0.4) is 0 Å². The van der Waals surface area contributed by atoms with Gasteiger partial charge < -0.3 is 14.9 Å². The second kappa shape index (κ2) is 9.09. The Labute approximate surface area is 166 Å². The zero-order valence-corrected chi connectivity index (χ0v) is 16.1. The fourth-order valence-corrected chi connectivity index (χ4v) is 3.55. The molecular formula is C23H25N3O2. The van der Waals surface area contributed by atoms with Crippen LogP contribution in [0.5, 0.6) is 5.75 Å². The van der Waals surface area contributed by atoms with Crippen LogP contribution in [-0.2, 0) is 11.2 Å². The molecule has 1 heterocycles. The Bertz CT molecular complexity index is 861. The van der Waals surface area contributed by atoms with E-state index in [4.69, 9.17) is 0 Å². The summed E-state index contributed by atoms with van der Waals surface area (Å²) in [6.07, 6.45) is 4.50. The van der Waals surface area contributed by atoms with Gasteiger partial charge in [-0.25, -0.2) is 0 Å². The molecule has 0 bridgehead atoms. The molecule has 0 spiro atoms. The molecule has 3 rings (SSSR count). The lowest BCUT2D eigenvalue weighted by Gasteiger charge is -2.32. The van der Waals surface area contributed by atoms with E-state index in [0.717, 1.165) is 24.9 Å². The van der Waals surface area contributed by atoms with Gasteiger partial charge >= 0.3 is 0 Å². The third-order valence-corrected chi connectivity index (χ3v) is 5.20. The predicted molar refractivity (Wildman–Crippen MR) is 110 cm³/mol. The van der Waals surface area contributed by atoms with Gasteiger partial charge in [-0.2, -0.15) is 5.26 Å². The Morgan fingerprint density at radius 3 is 2.43 bits per heavy atom. The van der Waals surface area contributed by atoms with Crippen LogP contribution in [0.15, 0.2) is 66.4 Å². The molecule has 0 aromatic heterocycles. The van der Waals surface area contributed by atoms with Gasteiger partial charge in [0.25, 0.3) is 5.91 Å². The van der Waals surface area contributed by atoms with Crippen LogP contribution in [0.2, 0.25) is 0 Å². The molecule has 2 aromatic carbocycles. The Hall–Kier alpha value is -3.26. The minimum absolute atomic E-state index is 0.122. The van der Waals surface area contributed by atoms with Gasteiger partial charge in [-0.3, -0.25) is 4.79 Å². The summed E-state index contributed by atoms with van der Waals surface area (Å²) in [7, 11) is 1.78. The number of rotatable bonds is 5. The minimum atomic E-state index is -0.216. The second-order valence-electron chi connectivity index (χ2n) is 7.21. The van der Waals surface area contributed by atoms with Crippen molar-refractivity contribution in [3.63, 3.8) is 0 Å². The molecule has 1 amide bonds. The first-order valence-electron chi connectivity index (χ1n) is 9.54. The van der Waals surface area contributed by atoms with E-state index in [0.29, 0.717) is 19.0 Å². The first-order valence-corrected chi connectivity index (χ1v) is 9.54. The van der Waals surface area contributed by atoms with Gasteiger partial charge in [0, 0.05) is 32.0 Å². The van der Waals surface area contributed by atoms with Crippen LogP contribution >= 0.6 is 0 Å². The Morgan fingerprint density at radius 2 is 1.82 bits per heavy atom. The first kappa shape index (κ1) is 19.5. The lowest BCUT2D eigenvalue weighted by molar-refractivity contribution is -0.128. The molecule has 2 aromatic rings. The summed E-state index contributed by atoms with van der Waals surface area (Å²) in [6.45, 7) is 1.36. The molecule has 0 atom stereocenters. The molecule has 1 fully saturated rings. The fourth-order valence-electron chi connectivity index (χ4n) is 3.55. The van der Waals surface area contributed by atoms with Crippen molar-refractivity contribution in [3.8, 4) is 11.8 Å². The van der Waals surface area contributed by atoms with Crippen LogP contribution in [0.4, 0.5) is 5.69 Å². The number of piperidine rings is 1. The molecule has 5 nitrogen and oxygen atoms in total. The van der Waals surface area contributed by atoms with E-state index >= 15 is 0 Å². The molecule has 28 heavy (non-hydrogen) atoms. The highest BCUT2D eigenvalue weighted by molar-refractivity contribution is 5.97. The van der Waals surface area contributed by atoms with Crippen LogP contribution < -0.4 is 4.90 Å². The van der Waals surface area contributed by atoms with Crippen molar-refractivity contribution in [2.75, 3.05) is 25.0 Å². The van der Waals surface area contributed by atoms with Gasteiger partial charge in [-0.05, 0) is 55.0 Å². The summed E-state index contributed by atoms with van der Waals surface area (Å²) in [5.74, 6) is 0.531. The van der Waals surface area contributed by atoms with E-state index in [2.05, 4.69) is 24.3 Å². The maximum absolute atomic E-state index is 12.8. The fraction of sp³-hybridized carbons (Fsp3) is 0.304. The number of likely N-dealkylation sites (tertiary alicyclic amines) is 1. The van der Waals surface area contributed by atoms with Crippen molar-refractivity contribution in [2.24, 2.45) is 5.92 Å². The molecule has 1 aliphatic rings. The maximum Gasteiger partial charge on any atom is 0.266 e. The Kier molecular flexibility index (Phi) is 6.33. The molecule has 0 radical (unpaired) electrons. The standard InChI is InChI=1S/C23H25N3O2/c1-25(21-7-9-22(27)10-8-21)17-20(16-24)23(28)26-13-11-19(12-14-26)15-18-5-3-2-4-6-18/h2-10,17,19,27H,11-15H2,1H3/b20-17-. The van der Waals surface area contributed by atoms with Crippen LogP contribution in [0.1, 0.15) is 18.4 Å². The third kappa shape index (κ3) is 4.92. The maximum atomic E-state index is 12.8. The molecule has 1 N–H and O–H groups in total. The Morgan fingerprint density at radius 1 is 1.18 bits per heavy atom. The topological polar surface area (TPSA) is 67.6 Å². The highest BCUT2D eigenvalue weighted by atomic mass is 16.3. The number of hydrogen-bond donors (Lipinski definition) is 1. The number of hydrogen-bond acceptors (Lipinski definition) is 4. The van der Waals surface area contributed by atoms with Crippen LogP contribution in [0.25, 0.3) is 0 Å². The van der Waals surface area contributed by atoms with E-state index in [9.17, 15) is 15.2 Å². The molecule has 1 aliphatic heterocycles. The third-order valence-electron chi connectivity index (χ3n) is 5.20.